The number of ether oxygens (including phenoxy) is 1. The minimum absolute atomic E-state index is 0.0429. The Morgan fingerprint density at radius 3 is 2.16 bits per heavy atom. The highest BCUT2D eigenvalue weighted by molar-refractivity contribution is 7.92. The molecule has 3 aromatic carbocycles. The van der Waals surface area contributed by atoms with Crippen molar-refractivity contribution in [3.05, 3.63) is 94.0 Å². The number of halogens is 2. The zero-order valence-electron chi connectivity index (χ0n) is 25.0. The molecule has 0 unspecified atom stereocenters. The molecule has 1 aliphatic rings. The van der Waals surface area contributed by atoms with Crippen molar-refractivity contribution < 1.29 is 22.7 Å². The van der Waals surface area contributed by atoms with E-state index in [0.29, 0.717) is 40.1 Å². The van der Waals surface area contributed by atoms with Crippen molar-refractivity contribution in [1.29, 1.82) is 0 Å². The molecular weight excluding hydrogens is 621 g/mol. The van der Waals surface area contributed by atoms with E-state index in [2.05, 4.69) is 5.32 Å². The summed E-state index contributed by atoms with van der Waals surface area (Å²) in [6.07, 6.45) is 6.36. The Morgan fingerprint density at radius 1 is 0.932 bits per heavy atom. The lowest BCUT2D eigenvalue weighted by Gasteiger charge is -2.34. The van der Waals surface area contributed by atoms with Gasteiger partial charge in [0, 0.05) is 28.2 Å². The van der Waals surface area contributed by atoms with E-state index in [1.807, 2.05) is 37.3 Å². The molecule has 0 saturated heterocycles. The van der Waals surface area contributed by atoms with E-state index in [1.165, 1.54) is 4.90 Å². The fourth-order valence-electron chi connectivity index (χ4n) is 5.38. The van der Waals surface area contributed by atoms with E-state index in [4.69, 9.17) is 27.9 Å². The van der Waals surface area contributed by atoms with Gasteiger partial charge in [-0.25, -0.2) is 8.42 Å². The first-order chi connectivity index (χ1) is 21.1. The second kappa shape index (κ2) is 15.6. The molecule has 1 atom stereocenters. The first-order valence-electron chi connectivity index (χ1n) is 14.8. The lowest BCUT2D eigenvalue weighted by atomic mass is 9.95. The van der Waals surface area contributed by atoms with Gasteiger partial charge in [-0.05, 0) is 61.2 Å². The van der Waals surface area contributed by atoms with Gasteiger partial charge in [-0.3, -0.25) is 13.9 Å². The van der Waals surface area contributed by atoms with Crippen LogP contribution in [0, 0.1) is 0 Å². The summed E-state index contributed by atoms with van der Waals surface area (Å²) in [5.41, 5.74) is 1.78. The van der Waals surface area contributed by atoms with Crippen LogP contribution in [0.3, 0.4) is 0 Å². The number of sulfonamides is 1. The van der Waals surface area contributed by atoms with E-state index < -0.39 is 28.5 Å². The molecule has 0 aromatic heterocycles. The molecule has 1 saturated carbocycles. The predicted molar refractivity (Wildman–Crippen MR) is 176 cm³/mol. The molecule has 8 nitrogen and oxygen atoms in total. The van der Waals surface area contributed by atoms with Crippen molar-refractivity contribution in [2.24, 2.45) is 0 Å². The van der Waals surface area contributed by atoms with Crippen LogP contribution in [0.5, 0.6) is 5.75 Å². The largest absolute Gasteiger partial charge is 0.489 e. The van der Waals surface area contributed by atoms with Crippen LogP contribution in [0.4, 0.5) is 5.69 Å². The number of nitrogens with zero attached hydrogens (tertiary/aromatic N) is 2. The maximum absolute atomic E-state index is 14.1. The summed E-state index contributed by atoms with van der Waals surface area (Å²) in [6, 6.07) is 20.4. The Kier molecular flexibility index (Phi) is 11.9. The first kappa shape index (κ1) is 33.6. The van der Waals surface area contributed by atoms with Crippen LogP contribution in [0.1, 0.15) is 56.6 Å². The average Bonchev–Trinajstić information content (AvgIpc) is 3.01. The van der Waals surface area contributed by atoms with Crippen LogP contribution >= 0.6 is 23.2 Å². The molecule has 0 radical (unpaired) electrons. The van der Waals surface area contributed by atoms with Crippen LogP contribution in [0.2, 0.25) is 10.0 Å². The summed E-state index contributed by atoms with van der Waals surface area (Å²) < 4.78 is 32.9. The van der Waals surface area contributed by atoms with Crippen molar-refractivity contribution >= 4 is 50.7 Å². The minimum atomic E-state index is -3.89. The van der Waals surface area contributed by atoms with Gasteiger partial charge in [0.05, 0.1) is 11.9 Å². The van der Waals surface area contributed by atoms with Crippen molar-refractivity contribution in [3.8, 4) is 5.75 Å². The number of anilines is 1. The van der Waals surface area contributed by atoms with Crippen LogP contribution in [-0.4, -0.2) is 50.0 Å². The molecule has 44 heavy (non-hydrogen) atoms. The molecule has 0 bridgehead atoms. The highest BCUT2D eigenvalue weighted by Crippen LogP contribution is 2.28. The molecule has 3 aromatic rings. The Balaban J connectivity index is 1.58. The maximum atomic E-state index is 14.1. The Bertz CT molecular complexity index is 1490. The van der Waals surface area contributed by atoms with E-state index in [0.717, 1.165) is 48.2 Å². The van der Waals surface area contributed by atoms with E-state index in [-0.39, 0.29) is 18.5 Å². The molecule has 4 rings (SSSR count). The van der Waals surface area contributed by atoms with E-state index in [1.54, 1.807) is 42.5 Å². The van der Waals surface area contributed by atoms with Gasteiger partial charge in [0.2, 0.25) is 21.8 Å². The maximum Gasteiger partial charge on any atom is 0.244 e. The number of hydrogen-bond donors (Lipinski definition) is 1. The van der Waals surface area contributed by atoms with Crippen LogP contribution in [0.25, 0.3) is 0 Å². The molecule has 0 aliphatic heterocycles. The molecule has 11 heteroatoms. The number of carbonyl (C=O) groups is 2. The molecule has 1 aliphatic carbocycles. The van der Waals surface area contributed by atoms with E-state index in [9.17, 15) is 18.0 Å². The van der Waals surface area contributed by atoms with Gasteiger partial charge < -0.3 is 15.0 Å². The highest BCUT2D eigenvalue weighted by Gasteiger charge is 2.33. The fraction of sp³-hybridized carbons (Fsp3) is 0.394. The molecule has 2 amide bonds. The van der Waals surface area contributed by atoms with Crippen LogP contribution < -0.4 is 14.4 Å². The monoisotopic (exact) mass is 659 g/mol. The van der Waals surface area contributed by atoms with Gasteiger partial charge >= 0.3 is 0 Å². The number of nitrogens with one attached hydrogen (secondary N) is 1. The molecule has 0 heterocycles. The van der Waals surface area contributed by atoms with Crippen molar-refractivity contribution in [2.75, 3.05) is 17.1 Å². The number of rotatable bonds is 13. The Morgan fingerprint density at radius 2 is 1.57 bits per heavy atom. The summed E-state index contributed by atoms with van der Waals surface area (Å²) in [5, 5.41) is 3.82. The third-order valence-electron chi connectivity index (χ3n) is 7.78. The van der Waals surface area contributed by atoms with Crippen molar-refractivity contribution in [1.82, 2.24) is 10.2 Å². The number of benzene rings is 3. The third kappa shape index (κ3) is 9.13. The lowest BCUT2D eigenvalue weighted by molar-refractivity contribution is -0.140. The molecule has 1 fully saturated rings. The molecule has 236 valence electrons. The van der Waals surface area contributed by atoms with Gasteiger partial charge in [0.15, 0.2) is 0 Å². The summed E-state index contributed by atoms with van der Waals surface area (Å²) >= 11 is 12.9. The van der Waals surface area contributed by atoms with Gasteiger partial charge in [0.1, 0.15) is 24.9 Å². The van der Waals surface area contributed by atoms with Crippen LogP contribution in [-0.2, 0) is 32.8 Å². The zero-order chi connectivity index (χ0) is 31.7. The molecule has 1 N–H and O–H groups in total. The van der Waals surface area contributed by atoms with Gasteiger partial charge in [-0.1, -0.05) is 85.8 Å². The van der Waals surface area contributed by atoms with Crippen molar-refractivity contribution in [2.45, 2.75) is 70.7 Å². The number of carbonyl (C=O) groups excluding carboxylic acids is 2. The summed E-state index contributed by atoms with van der Waals surface area (Å²) in [4.78, 5) is 29.0. The van der Waals surface area contributed by atoms with Gasteiger partial charge in [-0.15, -0.1) is 0 Å². The topological polar surface area (TPSA) is 96.0 Å². The second-order valence-corrected chi connectivity index (χ2v) is 13.7. The quantitative estimate of drug-likeness (QED) is 0.223. The Labute approximate surface area is 270 Å². The standard InChI is InChI=1S/C33H39Cl2N3O5S/c1-3-31(33(40)36-25-13-8-5-9-14-25)37(21-28-29(34)15-10-16-30(28)35)32(39)22-38(44(2,41)42)26-17-19-27(20-18-26)43-23-24-11-6-4-7-12-24/h4,6-7,10-12,15-20,25,31H,3,5,8-9,13-14,21-23H2,1-2H3,(H,36,40)/t31-/m1/s1. The fourth-order valence-corrected chi connectivity index (χ4v) is 6.75. The summed E-state index contributed by atoms with van der Waals surface area (Å²) in [5.74, 6) is -0.277. The average molecular weight is 661 g/mol. The van der Waals surface area contributed by atoms with Gasteiger partial charge in [-0.2, -0.15) is 0 Å². The SMILES string of the molecule is CC[C@H](C(=O)NC1CCCCC1)N(Cc1c(Cl)cccc1Cl)C(=O)CN(c1ccc(OCc2ccccc2)cc1)S(C)(=O)=O. The molecular formula is C33H39Cl2N3O5S. The smallest absolute Gasteiger partial charge is 0.244 e. The number of amides is 2. The lowest BCUT2D eigenvalue weighted by Crippen LogP contribution is -2.54. The minimum Gasteiger partial charge on any atom is -0.489 e. The van der Waals surface area contributed by atoms with Gasteiger partial charge in [0.25, 0.3) is 0 Å². The summed E-state index contributed by atoms with van der Waals surface area (Å²) in [7, 11) is -3.89. The normalized spacial score (nSPS) is 14.5. The summed E-state index contributed by atoms with van der Waals surface area (Å²) in [6.45, 7) is 1.60. The first-order valence-corrected chi connectivity index (χ1v) is 17.4. The van der Waals surface area contributed by atoms with Crippen LogP contribution in [0.15, 0.2) is 72.8 Å². The zero-order valence-corrected chi connectivity index (χ0v) is 27.4. The molecule has 0 spiro atoms. The number of hydrogen-bond acceptors (Lipinski definition) is 5. The van der Waals surface area contributed by atoms with E-state index >= 15 is 0 Å². The highest BCUT2D eigenvalue weighted by atomic mass is 35.5. The second-order valence-electron chi connectivity index (χ2n) is 11.0. The Hall–Kier alpha value is -3.27. The van der Waals surface area contributed by atoms with Crippen molar-refractivity contribution in [3.63, 3.8) is 0 Å². The third-order valence-corrected chi connectivity index (χ3v) is 9.63. The predicted octanol–water partition coefficient (Wildman–Crippen LogP) is 6.59.